The van der Waals surface area contributed by atoms with Gasteiger partial charge in [0.1, 0.15) is 0 Å². The van der Waals surface area contributed by atoms with Gasteiger partial charge in [-0.15, -0.1) is 0 Å². The SMILES string of the molecule is O=C(/C=C1\Sc2ccccc2NC1=O)NCCCN1CCCC1=O. The monoisotopic (exact) mass is 345 g/mol. The number of carbonyl (C=O) groups is 3. The first-order chi connectivity index (χ1) is 11.6. The van der Waals surface area contributed by atoms with Crippen LogP contribution in [0.15, 0.2) is 40.1 Å². The van der Waals surface area contributed by atoms with Gasteiger partial charge in [-0.2, -0.15) is 0 Å². The van der Waals surface area contributed by atoms with Crippen molar-refractivity contribution in [2.75, 3.05) is 25.0 Å². The van der Waals surface area contributed by atoms with Crippen LogP contribution in [0.25, 0.3) is 0 Å². The molecule has 24 heavy (non-hydrogen) atoms. The summed E-state index contributed by atoms with van der Waals surface area (Å²) in [5.74, 6) is -0.367. The van der Waals surface area contributed by atoms with Crippen molar-refractivity contribution in [3.63, 3.8) is 0 Å². The molecule has 126 valence electrons. The summed E-state index contributed by atoms with van der Waals surface area (Å²) in [7, 11) is 0. The van der Waals surface area contributed by atoms with Gasteiger partial charge < -0.3 is 15.5 Å². The van der Waals surface area contributed by atoms with Crippen molar-refractivity contribution in [2.45, 2.75) is 24.2 Å². The Balaban J connectivity index is 1.48. The summed E-state index contributed by atoms with van der Waals surface area (Å²) in [6.07, 6.45) is 3.59. The zero-order valence-electron chi connectivity index (χ0n) is 13.2. The third-order valence-corrected chi connectivity index (χ3v) is 5.02. The van der Waals surface area contributed by atoms with Gasteiger partial charge in [-0.25, -0.2) is 0 Å². The Morgan fingerprint density at radius 3 is 2.96 bits per heavy atom. The number of hydrogen-bond acceptors (Lipinski definition) is 4. The Bertz CT molecular complexity index is 702. The van der Waals surface area contributed by atoms with Gasteiger partial charge in [0, 0.05) is 37.0 Å². The molecular formula is C17H19N3O3S. The molecule has 0 spiro atoms. The van der Waals surface area contributed by atoms with E-state index in [9.17, 15) is 14.4 Å². The highest BCUT2D eigenvalue weighted by atomic mass is 32.2. The number of likely N-dealkylation sites (tertiary alicyclic amines) is 1. The van der Waals surface area contributed by atoms with Crippen LogP contribution < -0.4 is 10.6 Å². The predicted molar refractivity (Wildman–Crippen MR) is 92.5 cm³/mol. The van der Waals surface area contributed by atoms with Crippen LogP contribution in [-0.4, -0.2) is 42.3 Å². The molecule has 0 aromatic heterocycles. The number of anilines is 1. The minimum atomic E-state index is -0.292. The number of fused-ring (bicyclic) bond motifs is 1. The Hall–Kier alpha value is -2.28. The first-order valence-corrected chi connectivity index (χ1v) is 8.80. The summed E-state index contributed by atoms with van der Waals surface area (Å²) in [6.45, 7) is 1.96. The first-order valence-electron chi connectivity index (χ1n) is 7.99. The minimum Gasteiger partial charge on any atom is -0.352 e. The van der Waals surface area contributed by atoms with E-state index < -0.39 is 0 Å². The fourth-order valence-corrected chi connectivity index (χ4v) is 3.62. The number of nitrogens with zero attached hydrogens (tertiary/aromatic N) is 1. The molecule has 0 radical (unpaired) electrons. The van der Waals surface area contributed by atoms with Gasteiger partial charge in [0.15, 0.2) is 0 Å². The molecule has 1 aromatic carbocycles. The number of hydrogen-bond donors (Lipinski definition) is 2. The molecule has 2 aliphatic heterocycles. The van der Waals surface area contributed by atoms with Gasteiger partial charge in [-0.3, -0.25) is 14.4 Å². The smallest absolute Gasteiger partial charge is 0.262 e. The maximum Gasteiger partial charge on any atom is 0.262 e. The molecule has 0 unspecified atom stereocenters. The molecule has 0 bridgehead atoms. The molecule has 0 atom stereocenters. The summed E-state index contributed by atoms with van der Waals surface area (Å²) in [4.78, 5) is 38.6. The van der Waals surface area contributed by atoms with Gasteiger partial charge in [0.25, 0.3) is 5.91 Å². The normalized spacial score (nSPS) is 18.5. The van der Waals surface area contributed by atoms with E-state index in [0.717, 1.165) is 23.5 Å². The quantitative estimate of drug-likeness (QED) is 0.629. The number of thioether (sulfide) groups is 1. The van der Waals surface area contributed by atoms with Crippen molar-refractivity contribution < 1.29 is 14.4 Å². The maximum absolute atomic E-state index is 12.0. The topological polar surface area (TPSA) is 78.5 Å². The molecule has 2 aliphatic rings. The van der Waals surface area contributed by atoms with Crippen molar-refractivity contribution in [2.24, 2.45) is 0 Å². The van der Waals surface area contributed by atoms with Crippen LogP contribution in [0.3, 0.4) is 0 Å². The number of nitrogens with one attached hydrogen (secondary N) is 2. The molecule has 3 amide bonds. The van der Waals surface area contributed by atoms with E-state index in [1.54, 1.807) is 0 Å². The fourth-order valence-electron chi connectivity index (χ4n) is 2.69. The van der Waals surface area contributed by atoms with Gasteiger partial charge >= 0.3 is 0 Å². The Morgan fingerprint density at radius 2 is 2.17 bits per heavy atom. The number of carbonyl (C=O) groups excluding carboxylic acids is 3. The average Bonchev–Trinajstić information content (AvgIpc) is 2.97. The molecule has 1 aromatic rings. The van der Waals surface area contributed by atoms with Crippen LogP contribution in [0, 0.1) is 0 Å². The molecule has 2 N–H and O–H groups in total. The molecule has 1 fully saturated rings. The van der Waals surface area contributed by atoms with Crippen LogP contribution in [0.2, 0.25) is 0 Å². The van der Waals surface area contributed by atoms with E-state index >= 15 is 0 Å². The molecule has 6 nitrogen and oxygen atoms in total. The summed E-state index contributed by atoms with van der Waals surface area (Å²) in [5.41, 5.74) is 0.764. The Morgan fingerprint density at radius 1 is 1.33 bits per heavy atom. The van der Waals surface area contributed by atoms with Gasteiger partial charge in [-0.05, 0) is 25.0 Å². The molecular weight excluding hydrogens is 326 g/mol. The van der Waals surface area contributed by atoms with E-state index in [1.165, 1.54) is 17.8 Å². The van der Waals surface area contributed by atoms with E-state index in [2.05, 4.69) is 10.6 Å². The van der Waals surface area contributed by atoms with E-state index in [4.69, 9.17) is 0 Å². The molecule has 1 saturated heterocycles. The zero-order chi connectivity index (χ0) is 16.9. The second-order valence-electron chi connectivity index (χ2n) is 5.69. The lowest BCUT2D eigenvalue weighted by molar-refractivity contribution is -0.127. The third kappa shape index (κ3) is 3.97. The second-order valence-corrected chi connectivity index (χ2v) is 6.77. The molecule has 0 saturated carbocycles. The molecule has 7 heteroatoms. The van der Waals surface area contributed by atoms with Crippen molar-refractivity contribution in [1.82, 2.24) is 10.2 Å². The van der Waals surface area contributed by atoms with Crippen molar-refractivity contribution in [1.29, 1.82) is 0 Å². The molecule has 0 aliphatic carbocycles. The lowest BCUT2D eigenvalue weighted by atomic mass is 10.3. The van der Waals surface area contributed by atoms with Crippen LogP contribution in [-0.2, 0) is 14.4 Å². The van der Waals surface area contributed by atoms with Gasteiger partial charge in [-0.1, -0.05) is 23.9 Å². The van der Waals surface area contributed by atoms with Crippen molar-refractivity contribution >= 4 is 35.2 Å². The van der Waals surface area contributed by atoms with Crippen molar-refractivity contribution in [3.05, 3.63) is 35.2 Å². The minimum absolute atomic E-state index is 0.192. The molecule has 3 rings (SSSR count). The highest BCUT2D eigenvalue weighted by Gasteiger charge is 2.21. The van der Waals surface area contributed by atoms with Crippen LogP contribution in [0.4, 0.5) is 5.69 Å². The standard InChI is InChI=1S/C17H19N3O3S/c21-15(18-8-4-10-20-9-3-7-16(20)22)11-14-17(23)19-12-5-1-2-6-13(12)24-14/h1-2,5-6,11H,3-4,7-10H2,(H,18,21)(H,19,23)/b14-11-. The maximum atomic E-state index is 12.0. The third-order valence-electron chi connectivity index (χ3n) is 3.92. The first kappa shape index (κ1) is 16.6. The largest absolute Gasteiger partial charge is 0.352 e. The van der Waals surface area contributed by atoms with E-state index in [1.807, 2.05) is 29.2 Å². The summed E-state index contributed by atoms with van der Waals surface area (Å²) >= 11 is 1.29. The summed E-state index contributed by atoms with van der Waals surface area (Å²) < 4.78 is 0. The second kappa shape index (κ2) is 7.53. The highest BCUT2D eigenvalue weighted by Crippen LogP contribution is 2.37. The van der Waals surface area contributed by atoms with Gasteiger partial charge in [0.2, 0.25) is 11.8 Å². The lowest BCUT2D eigenvalue weighted by Crippen LogP contribution is -2.30. The van der Waals surface area contributed by atoms with Crippen LogP contribution in [0.1, 0.15) is 19.3 Å². The predicted octanol–water partition coefficient (Wildman–Crippen LogP) is 1.74. The zero-order valence-corrected chi connectivity index (χ0v) is 14.0. The van der Waals surface area contributed by atoms with Crippen LogP contribution >= 0.6 is 11.8 Å². The summed E-state index contributed by atoms with van der Waals surface area (Å²) in [5, 5.41) is 5.54. The number of benzene rings is 1. The highest BCUT2D eigenvalue weighted by molar-refractivity contribution is 8.04. The number of para-hydroxylation sites is 1. The van der Waals surface area contributed by atoms with E-state index in [-0.39, 0.29) is 17.7 Å². The lowest BCUT2D eigenvalue weighted by Gasteiger charge is -2.18. The number of rotatable bonds is 5. The Labute approximate surface area is 144 Å². The van der Waals surface area contributed by atoms with Crippen LogP contribution in [0.5, 0.6) is 0 Å². The summed E-state index contributed by atoms with van der Waals surface area (Å²) in [6, 6.07) is 7.47. The average molecular weight is 345 g/mol. The Kier molecular flexibility index (Phi) is 5.20. The number of amides is 3. The molecule has 2 heterocycles. The fraction of sp³-hybridized carbons (Fsp3) is 0.353. The van der Waals surface area contributed by atoms with E-state index in [0.29, 0.717) is 30.8 Å². The van der Waals surface area contributed by atoms with Gasteiger partial charge in [0.05, 0.1) is 10.6 Å². The van der Waals surface area contributed by atoms with Crippen molar-refractivity contribution in [3.8, 4) is 0 Å².